The van der Waals surface area contributed by atoms with Crippen LogP contribution in [0.5, 0.6) is 5.75 Å². The lowest BCUT2D eigenvalue weighted by atomic mass is 9.97. The number of aliphatic hydroxyl groups excluding tert-OH is 1. The van der Waals surface area contributed by atoms with Crippen molar-refractivity contribution >= 4 is 40.8 Å². The maximum absolute atomic E-state index is 15.2. The number of aromatic nitrogens is 2. The Labute approximate surface area is 269 Å². The SMILES string of the molecule is COc1cc(-c2cccc(-c3cccc(NC(=O)c4cc5n(n4)CCC[C@@H]5NCC(=O)O)c3Cl)c2Cl)cc(F)c1CNCCO. The van der Waals surface area contributed by atoms with Gasteiger partial charge in [0.05, 0.1) is 41.7 Å². The van der Waals surface area contributed by atoms with Crippen molar-refractivity contribution in [3.05, 3.63) is 87.4 Å². The van der Waals surface area contributed by atoms with Crippen LogP contribution in [0.25, 0.3) is 22.3 Å². The summed E-state index contributed by atoms with van der Waals surface area (Å²) >= 11 is 13.7. The minimum absolute atomic E-state index is 0.0719. The quantitative estimate of drug-likeness (QED) is 0.126. The number of carbonyl (C=O) groups is 2. The smallest absolute Gasteiger partial charge is 0.317 e. The number of carboxylic acids is 1. The third-order valence-electron chi connectivity index (χ3n) is 7.57. The molecule has 1 aliphatic heterocycles. The van der Waals surface area contributed by atoms with E-state index in [0.717, 1.165) is 18.5 Å². The minimum Gasteiger partial charge on any atom is -0.496 e. The van der Waals surface area contributed by atoms with Gasteiger partial charge in [0.1, 0.15) is 11.6 Å². The van der Waals surface area contributed by atoms with E-state index in [-0.39, 0.29) is 36.5 Å². The number of anilines is 1. The highest BCUT2D eigenvalue weighted by Crippen LogP contribution is 2.42. The summed E-state index contributed by atoms with van der Waals surface area (Å²) in [6, 6.07) is 15.0. The summed E-state index contributed by atoms with van der Waals surface area (Å²) in [6.45, 7) is 0.854. The molecule has 13 heteroatoms. The van der Waals surface area contributed by atoms with Gasteiger partial charge in [0.2, 0.25) is 0 Å². The number of halogens is 3. The first-order valence-electron chi connectivity index (χ1n) is 14.3. The number of ether oxygens (including phenoxy) is 1. The van der Waals surface area contributed by atoms with E-state index in [0.29, 0.717) is 57.4 Å². The van der Waals surface area contributed by atoms with E-state index in [1.54, 1.807) is 53.2 Å². The maximum atomic E-state index is 15.2. The molecule has 3 aromatic carbocycles. The number of carbonyl (C=O) groups excluding carboxylic acids is 1. The zero-order chi connectivity index (χ0) is 32.1. The van der Waals surface area contributed by atoms with Crippen LogP contribution in [-0.4, -0.2) is 58.7 Å². The topological polar surface area (TPSA) is 138 Å². The Kier molecular flexibility index (Phi) is 10.4. The second-order valence-corrected chi connectivity index (χ2v) is 11.2. The Morgan fingerprint density at radius 2 is 1.82 bits per heavy atom. The molecule has 5 N–H and O–H groups in total. The van der Waals surface area contributed by atoms with Gasteiger partial charge in [-0.25, -0.2) is 4.39 Å². The Bertz CT molecular complexity index is 1730. The Morgan fingerprint density at radius 1 is 1.09 bits per heavy atom. The summed E-state index contributed by atoms with van der Waals surface area (Å²) in [4.78, 5) is 24.3. The van der Waals surface area contributed by atoms with Gasteiger partial charge in [0.15, 0.2) is 5.69 Å². The number of carboxylic acid groups (broad SMARTS) is 1. The van der Waals surface area contributed by atoms with Crippen molar-refractivity contribution in [2.75, 3.05) is 32.1 Å². The number of hydrogen-bond donors (Lipinski definition) is 5. The van der Waals surface area contributed by atoms with Crippen molar-refractivity contribution in [2.45, 2.75) is 32.0 Å². The van der Waals surface area contributed by atoms with Gasteiger partial charge in [-0.3, -0.25) is 19.6 Å². The molecule has 45 heavy (non-hydrogen) atoms. The highest BCUT2D eigenvalue weighted by Gasteiger charge is 2.25. The van der Waals surface area contributed by atoms with Crippen LogP contribution in [0, 0.1) is 5.82 Å². The van der Waals surface area contributed by atoms with Crippen LogP contribution in [0.1, 0.15) is 40.6 Å². The van der Waals surface area contributed by atoms with Gasteiger partial charge in [0.25, 0.3) is 5.91 Å². The molecule has 2 heterocycles. The second-order valence-electron chi connectivity index (χ2n) is 10.5. The van der Waals surface area contributed by atoms with Gasteiger partial charge in [0, 0.05) is 47.9 Å². The number of aliphatic hydroxyl groups is 1. The van der Waals surface area contributed by atoms with Crippen LogP contribution >= 0.6 is 23.2 Å². The summed E-state index contributed by atoms with van der Waals surface area (Å²) in [5.41, 5.74) is 3.80. The molecule has 1 aliphatic rings. The lowest BCUT2D eigenvalue weighted by molar-refractivity contribution is -0.136. The molecule has 10 nitrogen and oxygen atoms in total. The van der Waals surface area contributed by atoms with Crippen molar-refractivity contribution in [1.29, 1.82) is 0 Å². The van der Waals surface area contributed by atoms with E-state index in [1.165, 1.54) is 13.2 Å². The maximum Gasteiger partial charge on any atom is 0.317 e. The normalized spacial score (nSPS) is 14.2. The predicted molar refractivity (Wildman–Crippen MR) is 170 cm³/mol. The summed E-state index contributed by atoms with van der Waals surface area (Å²) in [5.74, 6) is -1.57. The third-order valence-corrected chi connectivity index (χ3v) is 8.39. The first kappa shape index (κ1) is 32.4. The van der Waals surface area contributed by atoms with Gasteiger partial charge in [-0.2, -0.15) is 5.10 Å². The van der Waals surface area contributed by atoms with Crippen LogP contribution in [0.15, 0.2) is 54.6 Å². The molecule has 1 amide bonds. The number of rotatable bonds is 12. The molecule has 1 atom stereocenters. The first-order chi connectivity index (χ1) is 21.7. The fourth-order valence-corrected chi connectivity index (χ4v) is 6.02. The molecule has 0 fully saturated rings. The van der Waals surface area contributed by atoms with Crippen LogP contribution < -0.4 is 20.7 Å². The molecule has 0 bridgehead atoms. The summed E-state index contributed by atoms with van der Waals surface area (Å²) in [5, 5.41) is 31.9. The fourth-order valence-electron chi connectivity index (χ4n) is 5.41. The molecule has 0 unspecified atom stereocenters. The Balaban J connectivity index is 1.41. The number of fused-ring (bicyclic) bond motifs is 1. The fraction of sp³-hybridized carbons (Fsp3) is 0.281. The zero-order valence-corrected chi connectivity index (χ0v) is 25.9. The predicted octanol–water partition coefficient (Wildman–Crippen LogP) is 5.51. The lowest BCUT2D eigenvalue weighted by Gasteiger charge is -2.23. The highest BCUT2D eigenvalue weighted by atomic mass is 35.5. The molecule has 5 rings (SSSR count). The highest BCUT2D eigenvalue weighted by molar-refractivity contribution is 6.39. The third kappa shape index (κ3) is 7.13. The van der Waals surface area contributed by atoms with E-state index in [4.69, 9.17) is 38.2 Å². The van der Waals surface area contributed by atoms with Crippen molar-refractivity contribution < 1.29 is 28.9 Å². The van der Waals surface area contributed by atoms with Crippen molar-refractivity contribution in [1.82, 2.24) is 20.4 Å². The van der Waals surface area contributed by atoms with Gasteiger partial charge in [-0.05, 0) is 42.7 Å². The average molecular weight is 657 g/mol. The number of nitrogens with one attached hydrogen (secondary N) is 3. The van der Waals surface area contributed by atoms with E-state index in [1.807, 2.05) is 0 Å². The van der Waals surface area contributed by atoms with Crippen LogP contribution in [0.3, 0.4) is 0 Å². The summed E-state index contributed by atoms with van der Waals surface area (Å²) < 4.78 is 22.4. The Hall–Kier alpha value is -4.00. The average Bonchev–Trinajstić information content (AvgIpc) is 3.47. The number of hydrogen-bond acceptors (Lipinski definition) is 7. The molecule has 0 spiro atoms. The number of amides is 1. The van der Waals surface area contributed by atoms with Crippen LogP contribution in [0.4, 0.5) is 10.1 Å². The molecule has 4 aromatic rings. The number of nitrogens with zero attached hydrogens (tertiary/aromatic N) is 2. The molecule has 0 saturated heterocycles. The summed E-state index contributed by atoms with van der Waals surface area (Å²) in [7, 11) is 1.46. The monoisotopic (exact) mass is 655 g/mol. The second kappa shape index (κ2) is 14.4. The van der Waals surface area contributed by atoms with Gasteiger partial charge in [-0.15, -0.1) is 0 Å². The van der Waals surface area contributed by atoms with Gasteiger partial charge < -0.3 is 25.6 Å². The van der Waals surface area contributed by atoms with E-state index in [2.05, 4.69) is 21.0 Å². The molecule has 0 aliphatic carbocycles. The molecule has 0 radical (unpaired) electrons. The largest absolute Gasteiger partial charge is 0.496 e. The van der Waals surface area contributed by atoms with Crippen molar-refractivity contribution in [2.24, 2.45) is 0 Å². The van der Waals surface area contributed by atoms with E-state index < -0.39 is 17.7 Å². The van der Waals surface area contributed by atoms with Gasteiger partial charge >= 0.3 is 5.97 Å². The molecule has 0 saturated carbocycles. The number of benzene rings is 3. The van der Waals surface area contributed by atoms with Crippen LogP contribution in [-0.2, 0) is 17.9 Å². The number of aryl methyl sites for hydroxylation is 1. The lowest BCUT2D eigenvalue weighted by Crippen LogP contribution is -2.31. The first-order valence-corrected chi connectivity index (χ1v) is 15.1. The standard InChI is InChI=1S/C32H32Cl2FN5O5/c1-45-28-14-18(13-23(35)22(28)16-36-10-12-41)19-5-2-6-20(30(19)33)21-7-3-8-25(31(21)34)38-32(44)26-15-27-24(37-17-29(42)43)9-4-11-40(27)39-26/h2-3,5-8,13-15,24,36-37,41H,4,9-12,16-17H2,1H3,(H,38,44)(H,42,43)/t24-/m0/s1. The molecule has 236 valence electrons. The van der Waals surface area contributed by atoms with E-state index in [9.17, 15) is 9.59 Å². The van der Waals surface area contributed by atoms with Crippen molar-refractivity contribution in [3.8, 4) is 28.0 Å². The van der Waals surface area contributed by atoms with Gasteiger partial charge in [-0.1, -0.05) is 53.5 Å². The minimum atomic E-state index is -0.961. The molecular weight excluding hydrogens is 624 g/mol. The summed E-state index contributed by atoms with van der Waals surface area (Å²) in [6.07, 6.45) is 1.53. The Morgan fingerprint density at radius 3 is 2.56 bits per heavy atom. The van der Waals surface area contributed by atoms with Crippen molar-refractivity contribution in [3.63, 3.8) is 0 Å². The van der Waals surface area contributed by atoms with Crippen LogP contribution in [0.2, 0.25) is 10.0 Å². The zero-order valence-electron chi connectivity index (χ0n) is 24.4. The number of methoxy groups -OCH3 is 1. The molecule has 1 aromatic heterocycles. The van der Waals surface area contributed by atoms with E-state index >= 15 is 4.39 Å². The molecular formula is C32H32Cl2FN5O5. The number of aliphatic carboxylic acids is 1.